The minimum atomic E-state index is -1.39. The maximum atomic E-state index is 11.9. The van der Waals surface area contributed by atoms with E-state index in [1.165, 1.54) is 12.3 Å². The van der Waals surface area contributed by atoms with Crippen LogP contribution in [-0.4, -0.2) is 54.8 Å². The summed E-state index contributed by atoms with van der Waals surface area (Å²) >= 11 is 0. The van der Waals surface area contributed by atoms with Crippen molar-refractivity contribution in [3.05, 3.63) is 33.1 Å². The molecule has 0 spiro atoms. The van der Waals surface area contributed by atoms with Crippen molar-refractivity contribution in [3.63, 3.8) is 0 Å². The summed E-state index contributed by atoms with van der Waals surface area (Å²) in [6.07, 6.45) is -3.43. The van der Waals surface area contributed by atoms with Gasteiger partial charge in [-0.1, -0.05) is 0 Å². The number of aromatic amines is 2. The normalized spacial score (nSPS) is 30.1. The number of aliphatic hydroxyl groups excluding tert-OH is 3. The molecule has 0 bridgehead atoms. The SMILES string of the molecule is O=c1[nH]c(=O)n([C@@H]2O[C@H](CO)[C@@H](O)[C@H]2O)c2cc[nH]c12. The van der Waals surface area contributed by atoms with Gasteiger partial charge in [0.25, 0.3) is 5.56 Å². The van der Waals surface area contributed by atoms with Crippen LogP contribution in [0.3, 0.4) is 0 Å². The number of aromatic nitrogens is 3. The molecule has 0 aliphatic carbocycles. The van der Waals surface area contributed by atoms with E-state index in [0.717, 1.165) is 4.57 Å². The molecule has 4 atom stereocenters. The van der Waals surface area contributed by atoms with Gasteiger partial charge in [-0.3, -0.25) is 14.3 Å². The Balaban J connectivity index is 2.18. The molecule has 9 heteroatoms. The average Bonchev–Trinajstić information content (AvgIpc) is 2.99. The fourth-order valence-corrected chi connectivity index (χ4v) is 2.42. The van der Waals surface area contributed by atoms with E-state index in [2.05, 4.69) is 9.97 Å². The Hall–Kier alpha value is -1.94. The highest BCUT2D eigenvalue weighted by Crippen LogP contribution is 2.29. The molecule has 3 heterocycles. The van der Waals surface area contributed by atoms with Crippen molar-refractivity contribution in [2.75, 3.05) is 6.61 Å². The number of H-pyrrole nitrogens is 2. The number of nitrogens with zero attached hydrogens (tertiary/aromatic N) is 1. The van der Waals surface area contributed by atoms with E-state index in [1.54, 1.807) is 0 Å². The number of hydrogen-bond donors (Lipinski definition) is 5. The van der Waals surface area contributed by atoms with Crippen LogP contribution in [0.15, 0.2) is 21.9 Å². The van der Waals surface area contributed by atoms with Crippen LogP contribution in [0.5, 0.6) is 0 Å². The second-order valence-corrected chi connectivity index (χ2v) is 4.60. The van der Waals surface area contributed by atoms with Crippen molar-refractivity contribution in [1.82, 2.24) is 14.5 Å². The van der Waals surface area contributed by atoms with Gasteiger partial charge in [-0.15, -0.1) is 0 Å². The molecule has 0 unspecified atom stereocenters. The molecule has 1 saturated heterocycles. The van der Waals surface area contributed by atoms with Crippen LogP contribution in [0.4, 0.5) is 0 Å². The summed E-state index contributed by atoms with van der Waals surface area (Å²) in [5.74, 6) is 0. The van der Waals surface area contributed by atoms with Gasteiger partial charge in [0.2, 0.25) is 0 Å². The topological polar surface area (TPSA) is 141 Å². The van der Waals surface area contributed by atoms with Gasteiger partial charge < -0.3 is 25.0 Å². The molecule has 2 aromatic heterocycles. The van der Waals surface area contributed by atoms with Gasteiger partial charge in [0, 0.05) is 6.20 Å². The summed E-state index contributed by atoms with van der Waals surface area (Å²) in [5.41, 5.74) is -0.953. The van der Waals surface area contributed by atoms with Gasteiger partial charge in [-0.2, -0.15) is 0 Å². The van der Waals surface area contributed by atoms with Crippen LogP contribution in [-0.2, 0) is 4.74 Å². The Morgan fingerprint density at radius 2 is 2.05 bits per heavy atom. The van der Waals surface area contributed by atoms with Crippen molar-refractivity contribution in [3.8, 4) is 0 Å². The summed E-state index contributed by atoms with van der Waals surface area (Å²) in [4.78, 5) is 28.3. The van der Waals surface area contributed by atoms with Crippen LogP contribution in [0.2, 0.25) is 0 Å². The summed E-state index contributed by atoms with van der Waals surface area (Å²) in [5, 5.41) is 28.7. The maximum Gasteiger partial charge on any atom is 0.331 e. The molecule has 1 aliphatic rings. The Labute approximate surface area is 111 Å². The van der Waals surface area contributed by atoms with E-state index in [0.29, 0.717) is 0 Å². The fraction of sp³-hybridized carbons (Fsp3) is 0.455. The first-order valence-electron chi connectivity index (χ1n) is 5.99. The zero-order chi connectivity index (χ0) is 14.4. The third-order valence-corrected chi connectivity index (χ3v) is 3.42. The molecule has 0 radical (unpaired) electrons. The number of hydrogen-bond acceptors (Lipinski definition) is 6. The molecule has 9 nitrogen and oxygen atoms in total. The predicted molar refractivity (Wildman–Crippen MR) is 66.2 cm³/mol. The van der Waals surface area contributed by atoms with Gasteiger partial charge >= 0.3 is 5.69 Å². The lowest BCUT2D eigenvalue weighted by atomic mass is 10.1. The van der Waals surface area contributed by atoms with Crippen molar-refractivity contribution in [1.29, 1.82) is 0 Å². The third kappa shape index (κ3) is 1.72. The first kappa shape index (κ1) is 13.1. The van der Waals surface area contributed by atoms with Crippen LogP contribution in [0, 0.1) is 0 Å². The zero-order valence-corrected chi connectivity index (χ0v) is 10.2. The van der Waals surface area contributed by atoms with Crippen molar-refractivity contribution in [2.24, 2.45) is 0 Å². The molecule has 5 N–H and O–H groups in total. The Kier molecular flexibility index (Phi) is 2.98. The molecule has 108 valence electrons. The van der Waals surface area contributed by atoms with Gasteiger partial charge in [-0.05, 0) is 6.07 Å². The number of aliphatic hydroxyl groups is 3. The highest BCUT2D eigenvalue weighted by atomic mass is 16.6. The Morgan fingerprint density at radius 3 is 2.70 bits per heavy atom. The lowest BCUT2D eigenvalue weighted by Crippen LogP contribution is -2.38. The van der Waals surface area contributed by atoms with E-state index < -0.39 is 42.4 Å². The van der Waals surface area contributed by atoms with Gasteiger partial charge in [-0.25, -0.2) is 4.79 Å². The van der Waals surface area contributed by atoms with Crippen molar-refractivity contribution >= 4 is 11.0 Å². The highest BCUT2D eigenvalue weighted by molar-refractivity contribution is 5.74. The molecular weight excluding hydrogens is 270 g/mol. The fourth-order valence-electron chi connectivity index (χ4n) is 2.42. The van der Waals surface area contributed by atoms with Crippen molar-refractivity contribution < 1.29 is 20.1 Å². The van der Waals surface area contributed by atoms with E-state index >= 15 is 0 Å². The minimum Gasteiger partial charge on any atom is -0.394 e. The predicted octanol–water partition coefficient (Wildman–Crippen LogP) is -2.37. The smallest absolute Gasteiger partial charge is 0.331 e. The Bertz CT molecular complexity index is 746. The highest BCUT2D eigenvalue weighted by Gasteiger charge is 2.44. The molecule has 20 heavy (non-hydrogen) atoms. The van der Waals surface area contributed by atoms with E-state index in [-0.39, 0.29) is 11.0 Å². The quantitative estimate of drug-likeness (QED) is 0.417. The first-order chi connectivity index (χ1) is 9.54. The van der Waals surface area contributed by atoms with Crippen LogP contribution in [0.1, 0.15) is 6.23 Å². The third-order valence-electron chi connectivity index (χ3n) is 3.42. The van der Waals surface area contributed by atoms with Gasteiger partial charge in [0.1, 0.15) is 23.8 Å². The number of nitrogens with one attached hydrogen (secondary N) is 2. The molecule has 1 aliphatic heterocycles. The van der Waals surface area contributed by atoms with E-state index in [1.807, 2.05) is 0 Å². The largest absolute Gasteiger partial charge is 0.394 e. The zero-order valence-electron chi connectivity index (χ0n) is 10.2. The standard InChI is InChI=1S/C11H13N3O6/c15-3-5-7(16)8(17)10(20-5)14-4-1-2-12-6(4)9(18)13-11(14)19/h1-2,5,7-8,10,12,15-17H,3H2,(H,13,18,19)/t5-,7-,8-,10-/m1/s1. The molecular formula is C11H13N3O6. The van der Waals surface area contributed by atoms with Crippen molar-refractivity contribution in [2.45, 2.75) is 24.5 Å². The number of fused-ring (bicyclic) bond motifs is 1. The minimum absolute atomic E-state index is 0.155. The molecule has 1 fully saturated rings. The molecule has 2 aromatic rings. The first-order valence-corrected chi connectivity index (χ1v) is 5.99. The molecule has 3 rings (SSSR count). The maximum absolute atomic E-state index is 11.9. The van der Waals surface area contributed by atoms with Gasteiger partial charge in [0.15, 0.2) is 6.23 Å². The Morgan fingerprint density at radius 1 is 1.30 bits per heavy atom. The second kappa shape index (κ2) is 4.56. The average molecular weight is 283 g/mol. The van der Waals surface area contributed by atoms with Crippen LogP contribution in [0.25, 0.3) is 11.0 Å². The second-order valence-electron chi connectivity index (χ2n) is 4.60. The van der Waals surface area contributed by atoms with E-state index in [4.69, 9.17) is 9.84 Å². The molecule has 0 aromatic carbocycles. The summed E-state index contributed by atoms with van der Waals surface area (Å²) in [6, 6.07) is 1.49. The summed E-state index contributed by atoms with van der Waals surface area (Å²) < 4.78 is 6.33. The molecule has 0 saturated carbocycles. The van der Waals surface area contributed by atoms with Crippen LogP contribution < -0.4 is 11.2 Å². The van der Waals surface area contributed by atoms with Crippen LogP contribution >= 0.6 is 0 Å². The summed E-state index contributed by atoms with van der Waals surface area (Å²) in [6.45, 7) is -0.497. The molecule has 0 amide bonds. The number of rotatable bonds is 2. The van der Waals surface area contributed by atoms with E-state index in [9.17, 15) is 19.8 Å². The number of ether oxygens (including phenoxy) is 1. The monoisotopic (exact) mass is 283 g/mol. The lowest BCUT2D eigenvalue weighted by Gasteiger charge is -2.18. The van der Waals surface area contributed by atoms with Gasteiger partial charge in [0.05, 0.1) is 12.1 Å². The summed E-state index contributed by atoms with van der Waals surface area (Å²) in [7, 11) is 0. The lowest BCUT2D eigenvalue weighted by molar-refractivity contribution is -0.0527.